The SMILES string of the molecule is C1=C(CCNCC2CCCOC2)CCCC1. The highest BCUT2D eigenvalue weighted by Gasteiger charge is 2.12. The van der Waals surface area contributed by atoms with Crippen molar-refractivity contribution in [1.82, 2.24) is 5.32 Å². The first-order chi connectivity index (χ1) is 7.95. The van der Waals surface area contributed by atoms with Gasteiger partial charge >= 0.3 is 0 Å². The van der Waals surface area contributed by atoms with Crippen LogP contribution in [0.2, 0.25) is 0 Å². The molecule has 1 unspecified atom stereocenters. The van der Waals surface area contributed by atoms with Gasteiger partial charge in [-0.25, -0.2) is 0 Å². The largest absolute Gasteiger partial charge is 0.381 e. The van der Waals surface area contributed by atoms with E-state index in [1.54, 1.807) is 5.57 Å². The smallest absolute Gasteiger partial charge is 0.0506 e. The van der Waals surface area contributed by atoms with Crippen LogP contribution in [0.15, 0.2) is 11.6 Å². The highest BCUT2D eigenvalue weighted by molar-refractivity contribution is 5.05. The Kier molecular flexibility index (Phi) is 5.36. The van der Waals surface area contributed by atoms with E-state index in [9.17, 15) is 0 Å². The Labute approximate surface area is 99.4 Å². The summed E-state index contributed by atoms with van der Waals surface area (Å²) in [6.07, 6.45) is 11.8. The molecule has 16 heavy (non-hydrogen) atoms. The van der Waals surface area contributed by atoms with Gasteiger partial charge in [-0.05, 0) is 57.4 Å². The molecule has 0 aromatic heterocycles. The van der Waals surface area contributed by atoms with Crippen LogP contribution in [-0.2, 0) is 4.74 Å². The number of rotatable bonds is 5. The molecule has 0 spiro atoms. The second-order valence-electron chi connectivity index (χ2n) is 5.15. The lowest BCUT2D eigenvalue weighted by Gasteiger charge is -2.22. The van der Waals surface area contributed by atoms with Crippen LogP contribution in [0.1, 0.15) is 44.9 Å². The van der Waals surface area contributed by atoms with Gasteiger partial charge in [-0.1, -0.05) is 11.6 Å². The molecule has 0 bridgehead atoms. The summed E-state index contributed by atoms with van der Waals surface area (Å²) in [6.45, 7) is 4.24. The van der Waals surface area contributed by atoms with Crippen molar-refractivity contribution in [2.24, 2.45) is 5.92 Å². The van der Waals surface area contributed by atoms with Crippen molar-refractivity contribution in [3.05, 3.63) is 11.6 Å². The third-order valence-corrected chi connectivity index (χ3v) is 3.70. The molecule has 0 aromatic carbocycles. The van der Waals surface area contributed by atoms with Gasteiger partial charge < -0.3 is 10.1 Å². The molecule has 0 saturated carbocycles. The van der Waals surface area contributed by atoms with E-state index in [4.69, 9.17) is 4.74 Å². The molecule has 1 aliphatic heterocycles. The van der Waals surface area contributed by atoms with E-state index in [0.717, 1.165) is 32.2 Å². The molecule has 1 N–H and O–H groups in total. The van der Waals surface area contributed by atoms with Gasteiger partial charge in [0, 0.05) is 13.2 Å². The van der Waals surface area contributed by atoms with Crippen molar-refractivity contribution in [2.45, 2.75) is 44.9 Å². The first-order valence-electron chi connectivity index (χ1n) is 6.91. The average Bonchev–Trinajstić information content (AvgIpc) is 2.37. The first-order valence-corrected chi connectivity index (χ1v) is 6.91. The highest BCUT2D eigenvalue weighted by Crippen LogP contribution is 2.19. The third-order valence-electron chi connectivity index (χ3n) is 3.70. The Morgan fingerprint density at radius 1 is 1.31 bits per heavy atom. The minimum Gasteiger partial charge on any atom is -0.381 e. The molecule has 92 valence electrons. The Bertz CT molecular complexity index is 219. The predicted molar refractivity (Wildman–Crippen MR) is 67.6 cm³/mol. The summed E-state index contributed by atoms with van der Waals surface area (Å²) < 4.78 is 5.48. The van der Waals surface area contributed by atoms with Crippen LogP contribution in [0.25, 0.3) is 0 Å². The van der Waals surface area contributed by atoms with Gasteiger partial charge in [0.15, 0.2) is 0 Å². The highest BCUT2D eigenvalue weighted by atomic mass is 16.5. The van der Waals surface area contributed by atoms with Crippen LogP contribution >= 0.6 is 0 Å². The van der Waals surface area contributed by atoms with E-state index in [-0.39, 0.29) is 0 Å². The normalized spacial score (nSPS) is 26.5. The summed E-state index contributed by atoms with van der Waals surface area (Å²) >= 11 is 0. The monoisotopic (exact) mass is 223 g/mol. The van der Waals surface area contributed by atoms with E-state index in [0.29, 0.717) is 0 Å². The zero-order chi connectivity index (χ0) is 11.1. The number of hydrogen-bond donors (Lipinski definition) is 1. The van der Waals surface area contributed by atoms with Gasteiger partial charge in [0.2, 0.25) is 0 Å². The van der Waals surface area contributed by atoms with Gasteiger partial charge in [-0.15, -0.1) is 0 Å². The molecule has 1 saturated heterocycles. The Balaban J connectivity index is 1.52. The number of hydrogen-bond acceptors (Lipinski definition) is 2. The Hall–Kier alpha value is -0.340. The van der Waals surface area contributed by atoms with Crippen LogP contribution in [0.4, 0.5) is 0 Å². The summed E-state index contributed by atoms with van der Waals surface area (Å²) in [5.41, 5.74) is 1.68. The third kappa shape index (κ3) is 4.26. The zero-order valence-corrected chi connectivity index (χ0v) is 10.3. The van der Waals surface area contributed by atoms with E-state index in [1.807, 2.05) is 0 Å². The zero-order valence-electron chi connectivity index (χ0n) is 10.3. The lowest BCUT2D eigenvalue weighted by atomic mass is 9.97. The van der Waals surface area contributed by atoms with Crippen LogP contribution < -0.4 is 5.32 Å². The van der Waals surface area contributed by atoms with Crippen molar-refractivity contribution in [1.29, 1.82) is 0 Å². The lowest BCUT2D eigenvalue weighted by Crippen LogP contribution is -2.29. The molecule has 2 nitrogen and oxygen atoms in total. The van der Waals surface area contributed by atoms with Crippen molar-refractivity contribution in [2.75, 3.05) is 26.3 Å². The molecule has 2 aliphatic rings. The molecule has 0 amide bonds. The van der Waals surface area contributed by atoms with Gasteiger partial charge in [0.1, 0.15) is 0 Å². The topological polar surface area (TPSA) is 21.3 Å². The first kappa shape index (κ1) is 12.1. The maximum absolute atomic E-state index is 5.48. The second-order valence-corrected chi connectivity index (χ2v) is 5.15. The fourth-order valence-corrected chi connectivity index (χ4v) is 2.66. The fourth-order valence-electron chi connectivity index (χ4n) is 2.66. The van der Waals surface area contributed by atoms with Crippen LogP contribution in [0.3, 0.4) is 0 Å². The lowest BCUT2D eigenvalue weighted by molar-refractivity contribution is 0.0549. The van der Waals surface area contributed by atoms with E-state index < -0.39 is 0 Å². The van der Waals surface area contributed by atoms with E-state index >= 15 is 0 Å². The van der Waals surface area contributed by atoms with Crippen LogP contribution in [0.5, 0.6) is 0 Å². The fraction of sp³-hybridized carbons (Fsp3) is 0.857. The summed E-state index contributed by atoms with van der Waals surface area (Å²) in [5.74, 6) is 0.758. The Morgan fingerprint density at radius 3 is 3.06 bits per heavy atom. The molecule has 0 aromatic rings. The average molecular weight is 223 g/mol. The molecular weight excluding hydrogens is 198 g/mol. The van der Waals surface area contributed by atoms with Crippen molar-refractivity contribution >= 4 is 0 Å². The molecule has 2 heteroatoms. The van der Waals surface area contributed by atoms with Gasteiger partial charge in [0.05, 0.1) is 6.61 Å². The molecule has 1 atom stereocenters. The Morgan fingerprint density at radius 2 is 2.31 bits per heavy atom. The summed E-state index contributed by atoms with van der Waals surface area (Å²) in [6, 6.07) is 0. The molecule has 1 aliphatic carbocycles. The van der Waals surface area contributed by atoms with Gasteiger partial charge in [0.25, 0.3) is 0 Å². The standard InChI is InChI=1S/C14H25NO/c1-2-5-13(6-3-1)8-9-15-11-14-7-4-10-16-12-14/h5,14-15H,1-4,6-12H2. The number of allylic oxidation sites excluding steroid dienone is 1. The summed E-state index contributed by atoms with van der Waals surface area (Å²) in [5, 5.41) is 3.58. The predicted octanol–water partition coefficient (Wildman–Crippen LogP) is 2.89. The van der Waals surface area contributed by atoms with Gasteiger partial charge in [-0.2, -0.15) is 0 Å². The number of nitrogens with one attached hydrogen (secondary N) is 1. The van der Waals surface area contributed by atoms with Crippen molar-refractivity contribution in [3.8, 4) is 0 Å². The molecule has 1 heterocycles. The molecule has 2 rings (SSSR count). The maximum Gasteiger partial charge on any atom is 0.0506 e. The van der Waals surface area contributed by atoms with Crippen molar-refractivity contribution < 1.29 is 4.74 Å². The molecular formula is C14H25NO. The van der Waals surface area contributed by atoms with Crippen LogP contribution in [-0.4, -0.2) is 26.3 Å². The van der Waals surface area contributed by atoms with Gasteiger partial charge in [-0.3, -0.25) is 0 Å². The van der Waals surface area contributed by atoms with E-state index in [1.165, 1.54) is 44.9 Å². The minimum atomic E-state index is 0.758. The minimum absolute atomic E-state index is 0.758. The molecule has 0 radical (unpaired) electrons. The summed E-state index contributed by atoms with van der Waals surface area (Å²) in [4.78, 5) is 0. The molecule has 1 fully saturated rings. The van der Waals surface area contributed by atoms with E-state index in [2.05, 4.69) is 11.4 Å². The quantitative estimate of drug-likeness (QED) is 0.571. The second kappa shape index (κ2) is 7.08. The van der Waals surface area contributed by atoms with Crippen LogP contribution in [0, 0.1) is 5.92 Å². The maximum atomic E-state index is 5.48. The van der Waals surface area contributed by atoms with Crippen molar-refractivity contribution in [3.63, 3.8) is 0 Å². The number of ether oxygens (including phenoxy) is 1. The summed E-state index contributed by atoms with van der Waals surface area (Å²) in [7, 11) is 0.